The highest BCUT2D eigenvalue weighted by Gasteiger charge is 2.19. The summed E-state index contributed by atoms with van der Waals surface area (Å²) in [6, 6.07) is 3.71. The predicted molar refractivity (Wildman–Crippen MR) is 86.6 cm³/mol. The number of esters is 1. The number of rotatable bonds is 6. The number of aryl methyl sites for hydroxylation is 1. The highest BCUT2D eigenvalue weighted by atomic mass is 16.5. The minimum absolute atomic E-state index is 0.173. The van der Waals surface area contributed by atoms with Crippen molar-refractivity contribution in [3.8, 4) is 6.07 Å². The average molecular weight is 331 g/mol. The van der Waals surface area contributed by atoms with Crippen molar-refractivity contribution in [2.75, 3.05) is 13.2 Å². The SMILES string of the molecule is Cc1cc(/C=C(\C#N)C(=O)OCC(N)=O)c(C)n1CC1CCCO1. The Hall–Kier alpha value is -2.59. The van der Waals surface area contributed by atoms with E-state index in [-0.39, 0.29) is 11.7 Å². The molecule has 1 unspecified atom stereocenters. The van der Waals surface area contributed by atoms with Crippen molar-refractivity contribution in [2.45, 2.75) is 39.3 Å². The number of amides is 1. The van der Waals surface area contributed by atoms with E-state index in [1.807, 2.05) is 19.9 Å². The van der Waals surface area contributed by atoms with Crippen LogP contribution in [0, 0.1) is 25.2 Å². The zero-order chi connectivity index (χ0) is 17.7. The Bertz CT molecular complexity index is 706. The summed E-state index contributed by atoms with van der Waals surface area (Å²) >= 11 is 0. The first-order valence-corrected chi connectivity index (χ1v) is 7.78. The second-order valence-electron chi connectivity index (χ2n) is 5.78. The Morgan fingerprint density at radius 3 is 2.88 bits per heavy atom. The normalized spacial score (nSPS) is 17.5. The maximum Gasteiger partial charge on any atom is 0.349 e. The van der Waals surface area contributed by atoms with Crippen LogP contribution in [-0.4, -0.2) is 35.8 Å². The van der Waals surface area contributed by atoms with Gasteiger partial charge >= 0.3 is 5.97 Å². The molecule has 1 fully saturated rings. The minimum Gasteiger partial charge on any atom is -0.451 e. The monoisotopic (exact) mass is 331 g/mol. The maximum atomic E-state index is 11.8. The van der Waals surface area contributed by atoms with Crippen LogP contribution < -0.4 is 5.73 Å². The van der Waals surface area contributed by atoms with Crippen molar-refractivity contribution in [3.63, 3.8) is 0 Å². The summed E-state index contributed by atoms with van der Waals surface area (Å²) in [5.41, 5.74) is 7.48. The predicted octanol–water partition coefficient (Wildman–Crippen LogP) is 1.22. The molecule has 128 valence electrons. The Labute approximate surface area is 140 Å². The average Bonchev–Trinajstić information content (AvgIpc) is 3.14. The third kappa shape index (κ3) is 4.24. The molecule has 0 aromatic carbocycles. The van der Waals surface area contributed by atoms with E-state index in [0.717, 1.165) is 42.9 Å². The number of nitrogens with zero attached hydrogens (tertiary/aromatic N) is 2. The second-order valence-corrected chi connectivity index (χ2v) is 5.78. The zero-order valence-corrected chi connectivity index (χ0v) is 13.9. The highest BCUT2D eigenvalue weighted by Crippen LogP contribution is 2.22. The molecule has 7 heteroatoms. The van der Waals surface area contributed by atoms with Gasteiger partial charge in [-0.15, -0.1) is 0 Å². The van der Waals surface area contributed by atoms with Crippen LogP contribution in [0.25, 0.3) is 6.08 Å². The molecule has 1 atom stereocenters. The van der Waals surface area contributed by atoms with Crippen molar-refractivity contribution in [2.24, 2.45) is 5.73 Å². The highest BCUT2D eigenvalue weighted by molar-refractivity contribution is 5.98. The molecule has 1 amide bonds. The first-order chi connectivity index (χ1) is 11.4. The molecule has 1 aliphatic rings. The number of ether oxygens (including phenoxy) is 2. The van der Waals surface area contributed by atoms with E-state index in [2.05, 4.69) is 9.30 Å². The van der Waals surface area contributed by atoms with Crippen LogP contribution in [0.1, 0.15) is 29.8 Å². The quantitative estimate of drug-likeness (QED) is 0.479. The molecular formula is C17H21N3O4. The van der Waals surface area contributed by atoms with Gasteiger partial charge in [0, 0.05) is 24.5 Å². The van der Waals surface area contributed by atoms with Crippen LogP contribution in [0.4, 0.5) is 0 Å². The van der Waals surface area contributed by atoms with E-state index >= 15 is 0 Å². The summed E-state index contributed by atoms with van der Waals surface area (Å²) < 4.78 is 12.5. The maximum absolute atomic E-state index is 11.8. The lowest BCUT2D eigenvalue weighted by atomic mass is 10.1. The van der Waals surface area contributed by atoms with Gasteiger partial charge in [0.05, 0.1) is 6.10 Å². The molecule has 1 aromatic heterocycles. The third-order valence-electron chi connectivity index (χ3n) is 4.01. The molecule has 1 aromatic rings. The molecule has 0 radical (unpaired) electrons. The van der Waals surface area contributed by atoms with Gasteiger partial charge in [-0.25, -0.2) is 4.79 Å². The first-order valence-electron chi connectivity index (χ1n) is 7.78. The summed E-state index contributed by atoms with van der Waals surface area (Å²) in [7, 11) is 0. The minimum atomic E-state index is -0.861. The molecule has 1 saturated heterocycles. The number of carbonyl (C=O) groups excluding carboxylic acids is 2. The second kappa shape index (κ2) is 7.79. The topological polar surface area (TPSA) is 107 Å². The molecule has 2 heterocycles. The smallest absolute Gasteiger partial charge is 0.349 e. The number of hydrogen-bond donors (Lipinski definition) is 1. The van der Waals surface area contributed by atoms with Crippen LogP contribution in [0.3, 0.4) is 0 Å². The van der Waals surface area contributed by atoms with Gasteiger partial charge < -0.3 is 19.8 Å². The van der Waals surface area contributed by atoms with Crippen molar-refractivity contribution >= 4 is 18.0 Å². The summed E-state index contributed by atoms with van der Waals surface area (Å²) in [5, 5.41) is 9.16. The fourth-order valence-corrected chi connectivity index (χ4v) is 2.75. The van der Waals surface area contributed by atoms with E-state index < -0.39 is 18.5 Å². The molecule has 7 nitrogen and oxygen atoms in total. The summed E-state index contributed by atoms with van der Waals surface area (Å²) in [4.78, 5) is 22.5. The van der Waals surface area contributed by atoms with E-state index in [1.54, 1.807) is 6.07 Å². The number of nitriles is 1. The summed E-state index contributed by atoms with van der Waals surface area (Å²) in [5.74, 6) is -1.63. The van der Waals surface area contributed by atoms with E-state index in [4.69, 9.17) is 15.7 Å². The number of carbonyl (C=O) groups is 2. The Morgan fingerprint density at radius 2 is 2.29 bits per heavy atom. The molecule has 1 aliphatic heterocycles. The van der Waals surface area contributed by atoms with Crippen molar-refractivity contribution in [1.29, 1.82) is 5.26 Å². The molecular weight excluding hydrogens is 310 g/mol. The number of hydrogen-bond acceptors (Lipinski definition) is 5. The molecule has 2 N–H and O–H groups in total. The van der Waals surface area contributed by atoms with Crippen LogP contribution in [0.2, 0.25) is 0 Å². The number of aromatic nitrogens is 1. The standard InChI is InChI=1S/C17H21N3O4/c1-11-6-13(7-14(8-18)17(22)24-10-16(19)21)12(2)20(11)9-15-4-3-5-23-15/h6-7,15H,3-5,9-10H2,1-2H3,(H2,19,21)/b14-7+. The van der Waals surface area contributed by atoms with Crippen molar-refractivity contribution < 1.29 is 19.1 Å². The Kier molecular flexibility index (Phi) is 5.77. The fraction of sp³-hybridized carbons (Fsp3) is 0.471. The van der Waals surface area contributed by atoms with Crippen LogP contribution in [-0.2, 0) is 25.6 Å². The largest absolute Gasteiger partial charge is 0.451 e. The van der Waals surface area contributed by atoms with Gasteiger partial charge in [0.1, 0.15) is 11.6 Å². The lowest BCUT2D eigenvalue weighted by molar-refractivity contribution is -0.143. The molecule has 0 bridgehead atoms. The lowest BCUT2D eigenvalue weighted by Gasteiger charge is -2.14. The van der Waals surface area contributed by atoms with E-state index in [9.17, 15) is 9.59 Å². The van der Waals surface area contributed by atoms with E-state index in [0.29, 0.717) is 0 Å². The number of primary amides is 1. The van der Waals surface area contributed by atoms with Gasteiger partial charge in [-0.05, 0) is 44.4 Å². The first kappa shape index (κ1) is 17.8. The zero-order valence-electron chi connectivity index (χ0n) is 13.9. The van der Waals surface area contributed by atoms with E-state index in [1.165, 1.54) is 6.08 Å². The molecule has 0 spiro atoms. The summed E-state index contributed by atoms with van der Waals surface area (Å²) in [6.07, 6.45) is 3.77. The van der Waals surface area contributed by atoms with Gasteiger partial charge in [0.2, 0.25) is 0 Å². The molecule has 0 saturated carbocycles. The van der Waals surface area contributed by atoms with Gasteiger partial charge in [-0.2, -0.15) is 5.26 Å². The van der Waals surface area contributed by atoms with Crippen LogP contribution in [0.15, 0.2) is 11.6 Å². The van der Waals surface area contributed by atoms with Crippen LogP contribution in [0.5, 0.6) is 0 Å². The number of nitrogens with two attached hydrogens (primary N) is 1. The van der Waals surface area contributed by atoms with Gasteiger partial charge in [-0.1, -0.05) is 0 Å². The van der Waals surface area contributed by atoms with Crippen molar-refractivity contribution in [3.05, 3.63) is 28.6 Å². The molecule has 24 heavy (non-hydrogen) atoms. The summed E-state index contributed by atoms with van der Waals surface area (Å²) in [6.45, 7) is 4.89. The third-order valence-corrected chi connectivity index (χ3v) is 4.01. The Morgan fingerprint density at radius 1 is 1.54 bits per heavy atom. The fourth-order valence-electron chi connectivity index (χ4n) is 2.75. The lowest BCUT2D eigenvalue weighted by Crippen LogP contribution is -2.21. The van der Waals surface area contributed by atoms with Crippen molar-refractivity contribution in [1.82, 2.24) is 4.57 Å². The van der Waals surface area contributed by atoms with Crippen LogP contribution >= 0.6 is 0 Å². The molecule has 0 aliphatic carbocycles. The van der Waals surface area contributed by atoms with Gasteiger partial charge in [0.15, 0.2) is 6.61 Å². The van der Waals surface area contributed by atoms with Gasteiger partial charge in [0.25, 0.3) is 5.91 Å². The van der Waals surface area contributed by atoms with Gasteiger partial charge in [-0.3, -0.25) is 4.79 Å². The Balaban J connectivity index is 2.19. The molecule has 2 rings (SSSR count).